The number of Topliss-reactive ketones (excluding diaryl/α,β-unsaturated/α-hetero) is 1. The van der Waals surface area contributed by atoms with Gasteiger partial charge in [-0.1, -0.05) is 18.1 Å². The lowest BCUT2D eigenvalue weighted by Gasteiger charge is -2.48. The molecule has 0 bridgehead atoms. The maximum absolute atomic E-state index is 12.5. The van der Waals surface area contributed by atoms with Crippen molar-refractivity contribution in [2.24, 2.45) is 17.3 Å². The first kappa shape index (κ1) is 17.5. The number of phenolic OH excluding ortho intramolecular Hbond substituents is 1. The predicted octanol–water partition coefficient (Wildman–Crippen LogP) is 4.06. The average molecular weight is 380 g/mol. The second kappa shape index (κ2) is 6.19. The van der Waals surface area contributed by atoms with Crippen LogP contribution in [0.5, 0.6) is 5.75 Å². The second-order valence-corrected chi connectivity index (χ2v) is 8.69. The van der Waals surface area contributed by atoms with Crippen LogP contribution in [0.1, 0.15) is 66.6 Å². The van der Waals surface area contributed by atoms with Gasteiger partial charge in [-0.15, -0.1) is 0 Å². The lowest BCUT2D eigenvalue weighted by atomic mass is 9.55. The summed E-state index contributed by atoms with van der Waals surface area (Å²) in [4.78, 5) is 24.9. The molecule has 0 radical (unpaired) electrons. The van der Waals surface area contributed by atoms with E-state index in [2.05, 4.69) is 17.4 Å². The number of carbonyl (C=O) groups excluding carboxylic acids is 2. The Morgan fingerprint density at radius 3 is 2.89 bits per heavy atom. The summed E-state index contributed by atoms with van der Waals surface area (Å²) in [7, 11) is 0. The van der Waals surface area contributed by atoms with Gasteiger partial charge < -0.3 is 14.9 Å². The van der Waals surface area contributed by atoms with Crippen molar-refractivity contribution >= 4 is 17.4 Å². The van der Waals surface area contributed by atoms with E-state index in [0.717, 1.165) is 37.7 Å². The minimum absolute atomic E-state index is 0.0711. The number of rotatable bonds is 2. The lowest BCUT2D eigenvalue weighted by Crippen LogP contribution is -2.42. The zero-order valence-corrected chi connectivity index (χ0v) is 15.9. The number of phenols is 1. The van der Waals surface area contributed by atoms with Crippen LogP contribution >= 0.6 is 0 Å². The van der Waals surface area contributed by atoms with Crippen molar-refractivity contribution in [3.05, 3.63) is 41.3 Å². The van der Waals surface area contributed by atoms with Gasteiger partial charge in [0.2, 0.25) is 5.76 Å². The van der Waals surface area contributed by atoms with E-state index in [1.807, 2.05) is 6.07 Å². The van der Waals surface area contributed by atoms with Crippen molar-refractivity contribution < 1.29 is 19.2 Å². The number of nitrogens with one attached hydrogen (secondary N) is 1. The number of amides is 1. The smallest absolute Gasteiger partial charge is 0.294 e. The molecule has 5 rings (SSSR count). The number of carbonyl (C=O) groups is 2. The zero-order valence-electron chi connectivity index (χ0n) is 15.9. The van der Waals surface area contributed by atoms with Gasteiger partial charge in [0, 0.05) is 17.9 Å². The van der Waals surface area contributed by atoms with Gasteiger partial charge in [-0.2, -0.15) is 0 Å². The number of ketones is 1. The molecule has 1 aromatic heterocycles. The molecule has 28 heavy (non-hydrogen) atoms. The SMILES string of the molecule is C[C@]12CC[C@@H]3c4ccc(O)c(NC(=O)c5ccno5)c4CC[C@H]3[C@@H]1CCC2=O. The summed E-state index contributed by atoms with van der Waals surface area (Å²) in [6, 6.07) is 5.17. The van der Waals surface area contributed by atoms with Crippen LogP contribution in [0.3, 0.4) is 0 Å². The summed E-state index contributed by atoms with van der Waals surface area (Å²) in [5.74, 6) is 1.54. The maximum Gasteiger partial charge on any atom is 0.294 e. The van der Waals surface area contributed by atoms with Crippen LogP contribution in [0.15, 0.2) is 28.9 Å². The van der Waals surface area contributed by atoms with Crippen LogP contribution < -0.4 is 5.32 Å². The van der Waals surface area contributed by atoms with Gasteiger partial charge >= 0.3 is 0 Å². The van der Waals surface area contributed by atoms with Crippen LogP contribution in [0.2, 0.25) is 0 Å². The Morgan fingerprint density at radius 2 is 2.11 bits per heavy atom. The standard InChI is InChI=1S/C22H24N2O4/c1-22-10-8-13-12-4-6-17(25)20(24-21(27)18-9-11-23-28-18)15(12)3-2-14(13)16(22)5-7-19(22)26/h4,6,9,11,13-14,16,25H,2-3,5,7-8,10H2,1H3,(H,24,27)/t13-,14-,16+,22+/m1/s1. The molecular weight excluding hydrogens is 356 g/mol. The van der Waals surface area contributed by atoms with E-state index >= 15 is 0 Å². The number of aromatic nitrogens is 1. The molecule has 0 aliphatic heterocycles. The molecule has 6 heteroatoms. The third-order valence-corrected chi connectivity index (χ3v) is 7.50. The number of hydrogen-bond donors (Lipinski definition) is 2. The molecule has 1 heterocycles. The van der Waals surface area contributed by atoms with Gasteiger partial charge in [0.15, 0.2) is 0 Å². The van der Waals surface area contributed by atoms with Crippen LogP contribution in [-0.4, -0.2) is 22.0 Å². The van der Waals surface area contributed by atoms with Gasteiger partial charge in [0.1, 0.15) is 11.5 Å². The molecule has 6 nitrogen and oxygen atoms in total. The summed E-state index contributed by atoms with van der Waals surface area (Å²) >= 11 is 0. The van der Waals surface area contributed by atoms with E-state index in [-0.39, 0.29) is 16.9 Å². The molecule has 1 aromatic carbocycles. The van der Waals surface area contributed by atoms with E-state index in [1.165, 1.54) is 17.8 Å². The maximum atomic E-state index is 12.5. The topological polar surface area (TPSA) is 92.4 Å². The Hall–Kier alpha value is -2.63. The number of anilines is 1. The molecule has 1 amide bonds. The van der Waals surface area contributed by atoms with Crippen molar-refractivity contribution in [1.29, 1.82) is 0 Å². The summed E-state index contributed by atoms with van der Waals surface area (Å²) in [6.45, 7) is 2.17. The van der Waals surface area contributed by atoms with Crippen LogP contribution in [0, 0.1) is 17.3 Å². The van der Waals surface area contributed by atoms with Gasteiger partial charge in [0.05, 0.1) is 11.9 Å². The molecule has 3 aliphatic rings. The predicted molar refractivity (Wildman–Crippen MR) is 102 cm³/mol. The molecule has 0 spiro atoms. The average Bonchev–Trinajstić information content (AvgIpc) is 3.32. The fourth-order valence-electron chi connectivity index (χ4n) is 6.07. The molecule has 4 atom stereocenters. The summed E-state index contributed by atoms with van der Waals surface area (Å²) in [5, 5.41) is 16.8. The summed E-state index contributed by atoms with van der Waals surface area (Å²) in [5.41, 5.74) is 2.55. The first-order valence-corrected chi connectivity index (χ1v) is 10.1. The second-order valence-electron chi connectivity index (χ2n) is 8.69. The van der Waals surface area contributed by atoms with Gasteiger partial charge in [-0.25, -0.2) is 0 Å². The number of benzene rings is 1. The molecule has 2 aromatic rings. The molecule has 2 N–H and O–H groups in total. The van der Waals surface area contributed by atoms with Crippen LogP contribution in [0.4, 0.5) is 5.69 Å². The Labute approximate surface area is 163 Å². The Balaban J connectivity index is 1.49. The van der Waals surface area contributed by atoms with Crippen molar-refractivity contribution in [3.8, 4) is 5.75 Å². The zero-order chi connectivity index (χ0) is 19.5. The number of fused-ring (bicyclic) bond motifs is 5. The minimum atomic E-state index is -0.416. The molecule has 3 aliphatic carbocycles. The van der Waals surface area contributed by atoms with E-state index in [9.17, 15) is 14.7 Å². The van der Waals surface area contributed by atoms with E-state index < -0.39 is 5.91 Å². The van der Waals surface area contributed by atoms with Crippen molar-refractivity contribution in [1.82, 2.24) is 5.16 Å². The van der Waals surface area contributed by atoms with E-state index in [0.29, 0.717) is 35.6 Å². The Kier molecular flexibility index (Phi) is 3.86. The minimum Gasteiger partial charge on any atom is -0.506 e. The first-order valence-electron chi connectivity index (χ1n) is 10.1. The fraction of sp³-hybridized carbons (Fsp3) is 0.500. The van der Waals surface area contributed by atoms with Gasteiger partial charge in [-0.05, 0) is 67.1 Å². The fourth-order valence-corrected chi connectivity index (χ4v) is 6.07. The summed E-state index contributed by atoms with van der Waals surface area (Å²) in [6.07, 6.45) is 6.82. The number of aromatic hydroxyl groups is 1. The third-order valence-electron chi connectivity index (χ3n) is 7.50. The van der Waals surface area contributed by atoms with Gasteiger partial charge in [0.25, 0.3) is 5.91 Å². The first-order chi connectivity index (χ1) is 13.5. The largest absolute Gasteiger partial charge is 0.506 e. The highest BCUT2D eigenvalue weighted by Gasteiger charge is 2.54. The van der Waals surface area contributed by atoms with Crippen LogP contribution in [0.25, 0.3) is 0 Å². The van der Waals surface area contributed by atoms with Crippen LogP contribution in [-0.2, 0) is 11.2 Å². The van der Waals surface area contributed by atoms with E-state index in [4.69, 9.17) is 4.52 Å². The molecular formula is C22H24N2O4. The highest BCUT2D eigenvalue weighted by atomic mass is 16.5. The molecule has 146 valence electrons. The number of nitrogens with zero attached hydrogens (tertiary/aromatic N) is 1. The molecule has 0 unspecified atom stereocenters. The number of hydrogen-bond acceptors (Lipinski definition) is 5. The normalized spacial score (nSPS) is 31.0. The van der Waals surface area contributed by atoms with Gasteiger partial charge in [-0.3, -0.25) is 9.59 Å². The molecule has 0 saturated heterocycles. The monoisotopic (exact) mass is 380 g/mol. The Bertz CT molecular complexity index is 952. The van der Waals surface area contributed by atoms with Crippen molar-refractivity contribution in [2.75, 3.05) is 5.32 Å². The third kappa shape index (κ3) is 2.43. The quantitative estimate of drug-likeness (QED) is 0.767. The van der Waals surface area contributed by atoms with Crippen molar-refractivity contribution in [3.63, 3.8) is 0 Å². The highest BCUT2D eigenvalue weighted by molar-refractivity contribution is 6.03. The van der Waals surface area contributed by atoms with E-state index in [1.54, 1.807) is 6.07 Å². The molecule has 2 saturated carbocycles. The van der Waals surface area contributed by atoms with Crippen molar-refractivity contribution in [2.45, 2.75) is 51.4 Å². The molecule has 2 fully saturated rings. The summed E-state index contributed by atoms with van der Waals surface area (Å²) < 4.78 is 4.93. The lowest BCUT2D eigenvalue weighted by molar-refractivity contribution is -0.129. The highest BCUT2D eigenvalue weighted by Crippen LogP contribution is 2.60. The Morgan fingerprint density at radius 1 is 1.25 bits per heavy atom.